The molecule has 1 aliphatic heterocycles. The maximum absolute atomic E-state index is 13.2. The van der Waals surface area contributed by atoms with Crippen LogP contribution in [0.2, 0.25) is 0 Å². The molecule has 27 heavy (non-hydrogen) atoms. The zero-order valence-electron chi connectivity index (χ0n) is 15.8. The average Bonchev–Trinajstić information content (AvgIpc) is 3.26. The first-order chi connectivity index (χ1) is 12.9. The van der Waals surface area contributed by atoms with E-state index in [1.165, 1.54) is 0 Å². The van der Waals surface area contributed by atoms with Crippen LogP contribution in [0.3, 0.4) is 0 Å². The van der Waals surface area contributed by atoms with Crippen LogP contribution in [-0.2, 0) is 6.54 Å². The van der Waals surface area contributed by atoms with Gasteiger partial charge < -0.3 is 18.9 Å². The van der Waals surface area contributed by atoms with Gasteiger partial charge in [0.2, 0.25) is 6.79 Å². The summed E-state index contributed by atoms with van der Waals surface area (Å²) < 4.78 is 16.1. The predicted molar refractivity (Wildman–Crippen MR) is 99.0 cm³/mol. The van der Waals surface area contributed by atoms with E-state index in [0.717, 1.165) is 17.0 Å². The third kappa shape index (κ3) is 3.09. The monoisotopic (exact) mass is 367 g/mol. The van der Waals surface area contributed by atoms with Gasteiger partial charge >= 0.3 is 0 Å². The van der Waals surface area contributed by atoms with Gasteiger partial charge in [-0.05, 0) is 36.6 Å². The predicted octanol–water partition coefficient (Wildman–Crippen LogP) is 3.66. The summed E-state index contributed by atoms with van der Waals surface area (Å²) in [5.41, 5.74) is 3.39. The van der Waals surface area contributed by atoms with Crippen LogP contribution in [0.5, 0.6) is 11.5 Å². The average molecular weight is 367 g/mol. The molecule has 0 bridgehead atoms. The molecule has 0 radical (unpaired) electrons. The molecule has 0 N–H and O–H groups in total. The first-order valence-corrected chi connectivity index (χ1v) is 8.85. The van der Waals surface area contributed by atoms with E-state index in [1.807, 2.05) is 45.0 Å². The van der Waals surface area contributed by atoms with Crippen molar-refractivity contribution in [1.82, 2.24) is 15.0 Å². The largest absolute Gasteiger partial charge is 0.454 e. The lowest BCUT2D eigenvalue weighted by molar-refractivity contribution is 0.0786. The highest BCUT2D eigenvalue weighted by molar-refractivity contribution is 6.05. The minimum absolute atomic E-state index is 0.103. The van der Waals surface area contributed by atoms with Crippen LogP contribution in [-0.4, -0.2) is 34.8 Å². The van der Waals surface area contributed by atoms with Crippen LogP contribution < -0.4 is 9.47 Å². The highest BCUT2D eigenvalue weighted by atomic mass is 16.7. The van der Waals surface area contributed by atoms with Gasteiger partial charge in [0.05, 0.1) is 16.6 Å². The Morgan fingerprint density at radius 3 is 2.78 bits per heavy atom. The topological polar surface area (TPSA) is 77.7 Å². The molecule has 0 saturated heterocycles. The molecule has 3 aromatic rings. The highest BCUT2D eigenvalue weighted by Crippen LogP contribution is 2.33. The highest BCUT2D eigenvalue weighted by Gasteiger charge is 2.23. The van der Waals surface area contributed by atoms with Crippen molar-refractivity contribution in [2.75, 3.05) is 13.8 Å². The summed E-state index contributed by atoms with van der Waals surface area (Å²) in [6, 6.07) is 7.54. The maximum Gasteiger partial charge on any atom is 0.259 e. The third-order valence-electron chi connectivity index (χ3n) is 4.66. The van der Waals surface area contributed by atoms with Gasteiger partial charge in [0.25, 0.3) is 11.6 Å². The Morgan fingerprint density at radius 1 is 1.22 bits per heavy atom. The van der Waals surface area contributed by atoms with E-state index < -0.39 is 0 Å². The molecule has 4 rings (SSSR count). The van der Waals surface area contributed by atoms with Crippen molar-refractivity contribution in [3.8, 4) is 11.5 Å². The van der Waals surface area contributed by atoms with Gasteiger partial charge in [-0.2, -0.15) is 0 Å². The lowest BCUT2D eigenvalue weighted by atomic mass is 10.0. The summed E-state index contributed by atoms with van der Waals surface area (Å²) >= 11 is 0. The van der Waals surface area contributed by atoms with E-state index in [0.29, 0.717) is 34.7 Å². The molecule has 0 saturated carbocycles. The fourth-order valence-corrected chi connectivity index (χ4v) is 3.17. The van der Waals surface area contributed by atoms with Crippen LogP contribution in [0.15, 0.2) is 28.8 Å². The summed E-state index contributed by atoms with van der Waals surface area (Å²) in [6.45, 7) is 6.55. The van der Waals surface area contributed by atoms with Crippen LogP contribution in [0.1, 0.15) is 47.1 Å². The number of hydrogen-bond donors (Lipinski definition) is 0. The zero-order chi connectivity index (χ0) is 19.1. The summed E-state index contributed by atoms with van der Waals surface area (Å²) in [5, 5.41) is 4.65. The maximum atomic E-state index is 13.2. The molecule has 1 aliphatic rings. The van der Waals surface area contributed by atoms with Crippen molar-refractivity contribution in [3.05, 3.63) is 46.8 Å². The van der Waals surface area contributed by atoms with E-state index >= 15 is 0 Å². The zero-order valence-corrected chi connectivity index (χ0v) is 15.8. The number of ether oxygens (including phenoxy) is 2. The minimum Gasteiger partial charge on any atom is -0.454 e. The van der Waals surface area contributed by atoms with Crippen molar-refractivity contribution in [2.45, 2.75) is 33.2 Å². The molecule has 1 amide bonds. The number of nitrogens with zero attached hydrogens (tertiary/aromatic N) is 3. The first-order valence-electron chi connectivity index (χ1n) is 8.85. The second-order valence-electron chi connectivity index (χ2n) is 7.05. The van der Waals surface area contributed by atoms with E-state index in [-0.39, 0.29) is 18.6 Å². The Bertz CT molecular complexity index is 1030. The summed E-state index contributed by atoms with van der Waals surface area (Å²) in [7, 11) is 1.77. The molecule has 2 aromatic heterocycles. The van der Waals surface area contributed by atoms with Gasteiger partial charge in [-0.15, -0.1) is 0 Å². The molecule has 0 atom stereocenters. The Morgan fingerprint density at radius 2 is 2.00 bits per heavy atom. The number of aromatic nitrogens is 2. The Hall–Kier alpha value is -3.09. The Balaban J connectivity index is 1.66. The molecule has 3 heterocycles. The SMILES string of the molecule is Cc1noc2nc(C(C)C)cc(C(=O)N(C)Cc3ccc4c(c3)OCO4)c12. The van der Waals surface area contributed by atoms with Crippen LogP contribution in [0, 0.1) is 6.92 Å². The van der Waals surface area contributed by atoms with Crippen molar-refractivity contribution >= 4 is 17.0 Å². The van der Waals surface area contributed by atoms with Gasteiger partial charge in [0.15, 0.2) is 11.5 Å². The molecule has 0 unspecified atom stereocenters. The summed E-state index contributed by atoms with van der Waals surface area (Å²) in [6.07, 6.45) is 0. The number of benzene rings is 1. The second-order valence-corrected chi connectivity index (χ2v) is 7.05. The lowest BCUT2D eigenvalue weighted by Gasteiger charge is -2.19. The second kappa shape index (κ2) is 6.57. The molecular formula is C20H21N3O4. The molecule has 1 aromatic carbocycles. The summed E-state index contributed by atoms with van der Waals surface area (Å²) in [4.78, 5) is 19.4. The van der Waals surface area contributed by atoms with E-state index in [2.05, 4.69) is 10.1 Å². The Kier molecular flexibility index (Phi) is 4.22. The fraction of sp³-hybridized carbons (Fsp3) is 0.350. The van der Waals surface area contributed by atoms with Crippen molar-refractivity contribution in [1.29, 1.82) is 0 Å². The van der Waals surface area contributed by atoms with E-state index in [1.54, 1.807) is 11.9 Å². The molecule has 7 heteroatoms. The standard InChI is InChI=1S/C20H21N3O4/c1-11(2)15-8-14(18-12(3)22-27-19(18)21-15)20(24)23(4)9-13-5-6-16-17(7-13)26-10-25-16/h5-8,11H,9-10H2,1-4H3. The normalized spacial score (nSPS) is 12.8. The lowest BCUT2D eigenvalue weighted by Crippen LogP contribution is -2.26. The van der Waals surface area contributed by atoms with Gasteiger partial charge in [-0.1, -0.05) is 25.1 Å². The number of hydrogen-bond acceptors (Lipinski definition) is 6. The van der Waals surface area contributed by atoms with E-state index in [4.69, 9.17) is 14.0 Å². The molecule has 140 valence electrons. The third-order valence-corrected chi connectivity index (χ3v) is 4.66. The van der Waals surface area contributed by atoms with Crippen molar-refractivity contribution < 1.29 is 18.8 Å². The molecule has 0 fully saturated rings. The van der Waals surface area contributed by atoms with Gasteiger partial charge in [0.1, 0.15) is 0 Å². The van der Waals surface area contributed by atoms with Crippen molar-refractivity contribution in [3.63, 3.8) is 0 Å². The number of carbonyl (C=O) groups excluding carboxylic acids is 1. The number of aryl methyl sites for hydroxylation is 1. The van der Waals surface area contributed by atoms with Gasteiger partial charge in [-0.3, -0.25) is 4.79 Å². The molecule has 0 spiro atoms. The smallest absolute Gasteiger partial charge is 0.259 e. The van der Waals surface area contributed by atoms with Crippen LogP contribution in [0.25, 0.3) is 11.1 Å². The van der Waals surface area contributed by atoms with E-state index in [9.17, 15) is 4.79 Å². The number of rotatable bonds is 4. The van der Waals surface area contributed by atoms with Crippen molar-refractivity contribution in [2.24, 2.45) is 0 Å². The Labute approximate surface area is 156 Å². The quantitative estimate of drug-likeness (QED) is 0.700. The summed E-state index contributed by atoms with van der Waals surface area (Å²) in [5.74, 6) is 1.50. The van der Waals surface area contributed by atoms with Crippen LogP contribution >= 0.6 is 0 Å². The van der Waals surface area contributed by atoms with Gasteiger partial charge in [-0.25, -0.2) is 4.98 Å². The number of carbonyl (C=O) groups is 1. The molecule has 0 aliphatic carbocycles. The molecular weight excluding hydrogens is 346 g/mol. The minimum atomic E-state index is -0.103. The first kappa shape index (κ1) is 17.3. The number of amides is 1. The number of pyridine rings is 1. The van der Waals surface area contributed by atoms with Gasteiger partial charge in [0, 0.05) is 19.3 Å². The molecule has 7 nitrogen and oxygen atoms in total. The van der Waals surface area contributed by atoms with Crippen LogP contribution in [0.4, 0.5) is 0 Å². The fourth-order valence-electron chi connectivity index (χ4n) is 3.17. The number of fused-ring (bicyclic) bond motifs is 2.